The number of carbonyl (C=O) groups is 2. The summed E-state index contributed by atoms with van der Waals surface area (Å²) in [5.41, 5.74) is 1.48. The molecule has 138 valence electrons. The molecule has 2 amide bonds. The molecule has 27 heavy (non-hydrogen) atoms. The maximum Gasteiger partial charge on any atom is 0.251 e. The van der Waals surface area contributed by atoms with Crippen LogP contribution in [0.15, 0.2) is 78.2 Å². The third-order valence-corrected chi connectivity index (χ3v) is 5.34. The lowest BCUT2D eigenvalue weighted by atomic mass is 10.0. The highest BCUT2D eigenvalue weighted by atomic mass is 32.1. The monoisotopic (exact) mass is 378 g/mol. The van der Waals surface area contributed by atoms with Crippen molar-refractivity contribution in [3.63, 3.8) is 0 Å². The van der Waals surface area contributed by atoms with Gasteiger partial charge in [-0.3, -0.25) is 9.59 Å². The summed E-state index contributed by atoms with van der Waals surface area (Å²) in [6.07, 6.45) is 0.179. The molecule has 0 aliphatic heterocycles. The van der Waals surface area contributed by atoms with E-state index in [2.05, 4.69) is 10.6 Å². The Kier molecular flexibility index (Phi) is 6.39. The van der Waals surface area contributed by atoms with Gasteiger partial charge in [-0.15, -0.1) is 11.3 Å². The summed E-state index contributed by atoms with van der Waals surface area (Å²) >= 11 is 1.61. The Labute approximate surface area is 163 Å². The SMILES string of the molecule is CC(NC(=O)CC(NC(=O)c1ccccc1)c1ccccc1)c1cccs1. The number of hydrogen-bond donors (Lipinski definition) is 2. The Morgan fingerprint density at radius 3 is 2.19 bits per heavy atom. The normalized spacial score (nSPS) is 12.8. The second kappa shape index (κ2) is 9.14. The molecule has 3 aromatic rings. The molecule has 2 unspecified atom stereocenters. The van der Waals surface area contributed by atoms with Gasteiger partial charge in [0.05, 0.1) is 18.5 Å². The molecule has 1 aromatic heterocycles. The van der Waals surface area contributed by atoms with E-state index in [0.29, 0.717) is 5.56 Å². The molecule has 2 atom stereocenters. The van der Waals surface area contributed by atoms with Crippen LogP contribution in [0, 0.1) is 0 Å². The first-order valence-corrected chi connectivity index (χ1v) is 9.75. The van der Waals surface area contributed by atoms with E-state index in [-0.39, 0.29) is 24.3 Å². The second-order valence-corrected chi connectivity index (χ2v) is 7.29. The van der Waals surface area contributed by atoms with Crippen LogP contribution in [0.1, 0.15) is 46.2 Å². The average Bonchev–Trinajstić information content (AvgIpc) is 3.24. The predicted octanol–water partition coefficient (Wildman–Crippen LogP) is 4.49. The van der Waals surface area contributed by atoms with Gasteiger partial charge in [-0.05, 0) is 36.1 Å². The van der Waals surface area contributed by atoms with Crippen LogP contribution in [0.3, 0.4) is 0 Å². The smallest absolute Gasteiger partial charge is 0.251 e. The Balaban J connectivity index is 1.70. The van der Waals surface area contributed by atoms with Gasteiger partial charge in [0.2, 0.25) is 5.91 Å². The lowest BCUT2D eigenvalue weighted by Crippen LogP contribution is -2.34. The van der Waals surface area contributed by atoms with E-state index in [4.69, 9.17) is 0 Å². The van der Waals surface area contributed by atoms with E-state index < -0.39 is 6.04 Å². The van der Waals surface area contributed by atoms with E-state index in [1.165, 1.54) is 0 Å². The molecule has 0 aliphatic carbocycles. The molecule has 0 fully saturated rings. The van der Waals surface area contributed by atoms with Crippen molar-refractivity contribution in [2.24, 2.45) is 0 Å². The number of carbonyl (C=O) groups excluding carboxylic acids is 2. The summed E-state index contributed by atoms with van der Waals surface area (Å²) in [4.78, 5) is 26.3. The van der Waals surface area contributed by atoms with Gasteiger partial charge in [0.1, 0.15) is 0 Å². The molecular weight excluding hydrogens is 356 g/mol. The fourth-order valence-corrected chi connectivity index (χ4v) is 3.60. The van der Waals surface area contributed by atoms with Crippen LogP contribution in [-0.4, -0.2) is 11.8 Å². The summed E-state index contributed by atoms with van der Waals surface area (Å²) in [7, 11) is 0. The zero-order chi connectivity index (χ0) is 19.1. The molecule has 5 heteroatoms. The molecule has 0 saturated carbocycles. The molecule has 2 N–H and O–H groups in total. The van der Waals surface area contributed by atoms with Crippen molar-refractivity contribution in [2.45, 2.75) is 25.4 Å². The first-order chi connectivity index (χ1) is 13.1. The van der Waals surface area contributed by atoms with Crippen molar-refractivity contribution < 1.29 is 9.59 Å². The summed E-state index contributed by atoms with van der Waals surface area (Å²) < 4.78 is 0. The van der Waals surface area contributed by atoms with Crippen molar-refractivity contribution in [1.82, 2.24) is 10.6 Å². The molecule has 0 aliphatic rings. The minimum Gasteiger partial charge on any atom is -0.349 e. The zero-order valence-corrected chi connectivity index (χ0v) is 15.9. The van der Waals surface area contributed by atoms with Gasteiger partial charge in [-0.25, -0.2) is 0 Å². The highest BCUT2D eigenvalue weighted by Crippen LogP contribution is 2.21. The number of benzene rings is 2. The maximum atomic E-state index is 12.6. The van der Waals surface area contributed by atoms with E-state index in [1.54, 1.807) is 23.5 Å². The molecule has 0 spiro atoms. The van der Waals surface area contributed by atoms with Crippen molar-refractivity contribution in [2.75, 3.05) is 0 Å². The number of amides is 2. The number of thiophene rings is 1. The van der Waals surface area contributed by atoms with Crippen LogP contribution >= 0.6 is 11.3 Å². The fraction of sp³-hybridized carbons (Fsp3) is 0.182. The van der Waals surface area contributed by atoms with Crippen molar-refractivity contribution in [3.05, 3.63) is 94.2 Å². The van der Waals surface area contributed by atoms with Gasteiger partial charge < -0.3 is 10.6 Å². The largest absolute Gasteiger partial charge is 0.349 e. The molecule has 0 radical (unpaired) electrons. The van der Waals surface area contributed by atoms with Crippen molar-refractivity contribution in [1.29, 1.82) is 0 Å². The van der Waals surface area contributed by atoms with Gasteiger partial charge in [-0.1, -0.05) is 54.6 Å². The number of nitrogens with one attached hydrogen (secondary N) is 2. The molecule has 0 bridgehead atoms. The highest BCUT2D eigenvalue weighted by molar-refractivity contribution is 7.10. The molecule has 1 heterocycles. The quantitative estimate of drug-likeness (QED) is 0.636. The molecule has 2 aromatic carbocycles. The molecule has 3 rings (SSSR count). The van der Waals surface area contributed by atoms with Gasteiger partial charge in [0.25, 0.3) is 5.91 Å². The van der Waals surface area contributed by atoms with Crippen molar-refractivity contribution >= 4 is 23.2 Å². The van der Waals surface area contributed by atoms with Crippen LogP contribution in [0.4, 0.5) is 0 Å². The summed E-state index contributed by atoms with van der Waals surface area (Å²) in [5, 5.41) is 8.00. The first-order valence-electron chi connectivity index (χ1n) is 8.87. The fourth-order valence-electron chi connectivity index (χ4n) is 2.86. The third kappa shape index (κ3) is 5.28. The highest BCUT2D eigenvalue weighted by Gasteiger charge is 2.20. The van der Waals surface area contributed by atoms with Crippen molar-refractivity contribution in [3.8, 4) is 0 Å². The Morgan fingerprint density at radius 2 is 1.56 bits per heavy atom. The van der Waals surface area contributed by atoms with Crippen LogP contribution in [0.5, 0.6) is 0 Å². The molecular formula is C22H22N2O2S. The summed E-state index contributed by atoms with van der Waals surface area (Å²) in [6, 6.07) is 22.1. The lowest BCUT2D eigenvalue weighted by molar-refractivity contribution is -0.122. The average molecular weight is 378 g/mol. The molecule has 0 saturated heterocycles. The van der Waals surface area contributed by atoms with Crippen LogP contribution < -0.4 is 10.6 Å². The Bertz CT molecular complexity index is 864. The Morgan fingerprint density at radius 1 is 0.889 bits per heavy atom. The first kappa shape index (κ1) is 18.9. The third-order valence-electron chi connectivity index (χ3n) is 4.28. The van der Waals surface area contributed by atoms with E-state index in [0.717, 1.165) is 10.4 Å². The maximum absolute atomic E-state index is 12.6. The predicted molar refractivity (Wildman–Crippen MR) is 109 cm³/mol. The molecule has 4 nitrogen and oxygen atoms in total. The van der Waals surface area contributed by atoms with Gasteiger partial charge in [0.15, 0.2) is 0 Å². The van der Waals surface area contributed by atoms with Gasteiger partial charge >= 0.3 is 0 Å². The second-order valence-electron chi connectivity index (χ2n) is 6.31. The van der Waals surface area contributed by atoms with Crippen LogP contribution in [0.2, 0.25) is 0 Å². The number of hydrogen-bond acceptors (Lipinski definition) is 3. The minimum atomic E-state index is -0.394. The van der Waals surface area contributed by atoms with Crippen LogP contribution in [0.25, 0.3) is 0 Å². The van der Waals surface area contributed by atoms with Crippen LogP contribution in [-0.2, 0) is 4.79 Å². The van der Waals surface area contributed by atoms with E-state index >= 15 is 0 Å². The number of rotatable bonds is 7. The summed E-state index contributed by atoms with van der Waals surface area (Å²) in [5.74, 6) is -0.290. The minimum absolute atomic E-state index is 0.0567. The van der Waals surface area contributed by atoms with E-state index in [9.17, 15) is 9.59 Å². The lowest BCUT2D eigenvalue weighted by Gasteiger charge is -2.20. The van der Waals surface area contributed by atoms with Gasteiger partial charge in [0, 0.05) is 10.4 Å². The topological polar surface area (TPSA) is 58.2 Å². The Hall–Kier alpha value is -2.92. The summed E-state index contributed by atoms with van der Waals surface area (Å²) in [6.45, 7) is 1.96. The zero-order valence-electron chi connectivity index (χ0n) is 15.1. The standard InChI is InChI=1S/C22H22N2O2S/c1-16(20-13-8-14-27-20)23-21(25)15-19(17-9-4-2-5-10-17)24-22(26)18-11-6-3-7-12-18/h2-14,16,19H,15H2,1H3,(H,23,25)(H,24,26). The van der Waals surface area contributed by atoms with Gasteiger partial charge in [-0.2, -0.15) is 0 Å². The van der Waals surface area contributed by atoms with E-state index in [1.807, 2.05) is 73.0 Å².